The molecule has 2 aromatic heterocycles. The Morgan fingerprint density at radius 3 is 3.17 bits per heavy atom. The number of hydrogen-bond acceptors (Lipinski definition) is 5. The van der Waals surface area contributed by atoms with Gasteiger partial charge in [0.1, 0.15) is 5.82 Å². The highest BCUT2D eigenvalue weighted by Crippen LogP contribution is 2.18. The van der Waals surface area contributed by atoms with Gasteiger partial charge in [-0.15, -0.1) is 12.4 Å². The molecular formula is C15H20ClN5OS. The van der Waals surface area contributed by atoms with E-state index in [0.29, 0.717) is 18.1 Å². The topological polar surface area (TPSA) is 82.7 Å². The van der Waals surface area contributed by atoms with E-state index in [9.17, 15) is 4.79 Å². The predicted molar refractivity (Wildman–Crippen MR) is 95.3 cm³/mol. The smallest absolute Gasteiger partial charge is 0.277 e. The highest BCUT2D eigenvalue weighted by molar-refractivity contribution is 7.98. The van der Waals surface area contributed by atoms with Gasteiger partial charge in [-0.1, -0.05) is 6.92 Å². The summed E-state index contributed by atoms with van der Waals surface area (Å²) in [5, 5.41) is 13.2. The maximum Gasteiger partial charge on any atom is 0.277 e. The lowest BCUT2D eigenvalue weighted by Crippen LogP contribution is -2.25. The number of rotatable bonds is 5. The molecule has 0 unspecified atom stereocenters. The summed E-state index contributed by atoms with van der Waals surface area (Å²) in [5.41, 5.74) is 3.62. The van der Waals surface area contributed by atoms with Crippen molar-refractivity contribution in [2.45, 2.75) is 25.6 Å². The highest BCUT2D eigenvalue weighted by atomic mass is 35.5. The van der Waals surface area contributed by atoms with Crippen molar-refractivity contribution in [1.29, 1.82) is 0 Å². The van der Waals surface area contributed by atoms with Gasteiger partial charge in [0.25, 0.3) is 5.91 Å². The first kappa shape index (κ1) is 17.8. The molecule has 0 aliphatic carbocycles. The Kier molecular flexibility index (Phi) is 6.44. The molecule has 0 aromatic carbocycles. The largest absolute Gasteiger partial charge is 0.312 e. The first-order valence-electron chi connectivity index (χ1n) is 7.38. The predicted octanol–water partition coefficient (Wildman–Crippen LogP) is 2.38. The summed E-state index contributed by atoms with van der Waals surface area (Å²) < 4.78 is 0. The average molecular weight is 354 g/mol. The van der Waals surface area contributed by atoms with Gasteiger partial charge in [-0.25, -0.2) is 4.98 Å². The fourth-order valence-electron chi connectivity index (χ4n) is 2.44. The monoisotopic (exact) mass is 353 g/mol. The van der Waals surface area contributed by atoms with Crippen molar-refractivity contribution in [3.05, 3.63) is 40.8 Å². The molecule has 2 aromatic rings. The number of H-pyrrole nitrogens is 1. The minimum atomic E-state index is -0.214. The van der Waals surface area contributed by atoms with Crippen LogP contribution in [0, 0.1) is 0 Å². The summed E-state index contributed by atoms with van der Waals surface area (Å²) in [6.45, 7) is 3.72. The number of amides is 1. The molecule has 0 saturated heterocycles. The Balaban J connectivity index is 0.00000192. The third kappa shape index (κ3) is 4.25. The summed E-state index contributed by atoms with van der Waals surface area (Å²) in [6.07, 6.45) is 2.60. The van der Waals surface area contributed by atoms with Crippen molar-refractivity contribution >= 4 is 35.9 Å². The zero-order valence-electron chi connectivity index (χ0n) is 12.9. The number of nitrogens with one attached hydrogen (secondary N) is 3. The molecule has 124 valence electrons. The van der Waals surface area contributed by atoms with E-state index in [0.717, 1.165) is 41.3 Å². The van der Waals surface area contributed by atoms with Crippen molar-refractivity contribution in [3.63, 3.8) is 0 Å². The fraction of sp³-hybridized carbons (Fsp3) is 0.400. The highest BCUT2D eigenvalue weighted by Gasteiger charge is 2.21. The lowest BCUT2D eigenvalue weighted by Gasteiger charge is -2.12. The van der Waals surface area contributed by atoms with Crippen LogP contribution in [0.1, 0.15) is 34.2 Å². The summed E-state index contributed by atoms with van der Waals surface area (Å²) >= 11 is 1.84. The molecule has 0 radical (unpaired) electrons. The summed E-state index contributed by atoms with van der Waals surface area (Å²) in [6, 6.07) is 3.89. The van der Waals surface area contributed by atoms with E-state index in [1.54, 1.807) is 6.20 Å². The maximum atomic E-state index is 12.4. The van der Waals surface area contributed by atoms with Crippen LogP contribution in [0.15, 0.2) is 18.3 Å². The first-order chi connectivity index (χ1) is 10.8. The molecule has 3 heterocycles. The molecule has 1 amide bonds. The van der Waals surface area contributed by atoms with E-state index in [-0.39, 0.29) is 18.3 Å². The van der Waals surface area contributed by atoms with Gasteiger partial charge >= 0.3 is 0 Å². The van der Waals surface area contributed by atoms with Gasteiger partial charge in [-0.3, -0.25) is 9.89 Å². The molecule has 3 rings (SSSR count). The number of carbonyl (C=O) groups excluding carboxylic acids is 1. The van der Waals surface area contributed by atoms with Crippen molar-refractivity contribution in [3.8, 4) is 0 Å². The van der Waals surface area contributed by atoms with Crippen molar-refractivity contribution in [2.24, 2.45) is 0 Å². The number of hydrogen-bond donors (Lipinski definition) is 3. The normalized spacial score (nSPS) is 13.1. The van der Waals surface area contributed by atoms with Gasteiger partial charge in [-0.05, 0) is 23.4 Å². The number of fused-ring (bicyclic) bond motifs is 1. The van der Waals surface area contributed by atoms with Gasteiger partial charge in [0.05, 0.1) is 0 Å². The summed E-state index contributed by atoms with van der Waals surface area (Å²) in [7, 11) is 0. The van der Waals surface area contributed by atoms with E-state index < -0.39 is 0 Å². The van der Waals surface area contributed by atoms with Gasteiger partial charge < -0.3 is 10.6 Å². The van der Waals surface area contributed by atoms with Crippen LogP contribution in [-0.4, -0.2) is 33.4 Å². The van der Waals surface area contributed by atoms with Crippen LogP contribution in [-0.2, 0) is 18.7 Å². The molecule has 0 bridgehead atoms. The third-order valence-electron chi connectivity index (χ3n) is 3.56. The maximum absolute atomic E-state index is 12.4. The first-order valence-corrected chi connectivity index (χ1v) is 8.54. The molecule has 0 spiro atoms. The van der Waals surface area contributed by atoms with E-state index >= 15 is 0 Å². The second-order valence-corrected chi connectivity index (χ2v) is 6.37. The van der Waals surface area contributed by atoms with E-state index in [1.165, 1.54) is 0 Å². The molecule has 1 aliphatic heterocycles. The van der Waals surface area contributed by atoms with Gasteiger partial charge in [0.15, 0.2) is 5.69 Å². The minimum Gasteiger partial charge on any atom is -0.312 e. The Hall–Kier alpha value is -1.57. The average Bonchev–Trinajstić information content (AvgIpc) is 2.97. The van der Waals surface area contributed by atoms with E-state index in [1.807, 2.05) is 23.9 Å². The Bertz CT molecular complexity index is 676. The SMILES string of the molecule is CCSCc1ccnc(NC(=O)c2n[nH]c3c2CNCC3)c1.Cl. The number of nitrogens with zero attached hydrogens (tertiary/aromatic N) is 2. The minimum absolute atomic E-state index is 0. The molecule has 1 aliphatic rings. The van der Waals surface area contributed by atoms with Crippen LogP contribution < -0.4 is 10.6 Å². The van der Waals surface area contributed by atoms with Crippen LogP contribution in [0.2, 0.25) is 0 Å². The number of aromatic amines is 1. The molecular weight excluding hydrogens is 334 g/mol. The van der Waals surface area contributed by atoms with E-state index in [2.05, 4.69) is 32.7 Å². The number of halogens is 1. The molecule has 0 fully saturated rings. The van der Waals surface area contributed by atoms with Gasteiger partial charge in [-0.2, -0.15) is 16.9 Å². The Morgan fingerprint density at radius 2 is 2.35 bits per heavy atom. The van der Waals surface area contributed by atoms with Crippen molar-refractivity contribution in [2.75, 3.05) is 17.6 Å². The zero-order chi connectivity index (χ0) is 15.4. The van der Waals surface area contributed by atoms with Gasteiger partial charge in [0.2, 0.25) is 0 Å². The summed E-state index contributed by atoms with van der Waals surface area (Å²) in [5.74, 6) is 2.34. The lowest BCUT2D eigenvalue weighted by molar-refractivity contribution is 0.102. The number of thioether (sulfide) groups is 1. The van der Waals surface area contributed by atoms with E-state index in [4.69, 9.17) is 0 Å². The number of pyridine rings is 1. The molecule has 6 nitrogen and oxygen atoms in total. The van der Waals surface area contributed by atoms with Crippen LogP contribution in [0.25, 0.3) is 0 Å². The molecule has 3 N–H and O–H groups in total. The standard InChI is InChI=1S/C15H19N5OS.ClH/c1-2-22-9-10-3-6-17-13(7-10)18-15(21)14-11-8-16-5-4-12(11)19-20-14;/h3,6-7,16H,2,4-5,8-9H2,1H3,(H,19,20)(H,17,18,21);1H. The summed E-state index contributed by atoms with van der Waals surface area (Å²) in [4.78, 5) is 16.6. The van der Waals surface area contributed by atoms with Crippen molar-refractivity contribution in [1.82, 2.24) is 20.5 Å². The lowest BCUT2D eigenvalue weighted by atomic mass is 10.1. The molecule has 0 saturated carbocycles. The van der Waals surface area contributed by atoms with Gasteiger partial charge in [0, 0.05) is 42.7 Å². The number of anilines is 1. The quantitative estimate of drug-likeness (QED) is 0.768. The van der Waals surface area contributed by atoms with Crippen LogP contribution in [0.4, 0.5) is 5.82 Å². The number of carbonyl (C=O) groups is 1. The zero-order valence-corrected chi connectivity index (χ0v) is 14.5. The fourth-order valence-corrected chi connectivity index (χ4v) is 3.06. The third-order valence-corrected chi connectivity index (χ3v) is 4.51. The second-order valence-electron chi connectivity index (χ2n) is 5.10. The molecule has 0 atom stereocenters. The second kappa shape index (κ2) is 8.33. The Morgan fingerprint density at radius 1 is 1.48 bits per heavy atom. The number of aromatic nitrogens is 3. The molecule has 23 heavy (non-hydrogen) atoms. The molecule has 8 heteroatoms. The van der Waals surface area contributed by atoms with Crippen LogP contribution >= 0.6 is 24.2 Å². The van der Waals surface area contributed by atoms with Crippen molar-refractivity contribution < 1.29 is 4.79 Å². The van der Waals surface area contributed by atoms with Crippen LogP contribution in [0.5, 0.6) is 0 Å². The Labute approximate surface area is 145 Å². The van der Waals surface area contributed by atoms with Crippen LogP contribution in [0.3, 0.4) is 0 Å².